The number of allylic oxidation sites excluding steroid dienone is 1. The van der Waals surface area contributed by atoms with Gasteiger partial charge in [-0.2, -0.15) is 4.31 Å². The van der Waals surface area contributed by atoms with E-state index in [4.69, 9.17) is 9.47 Å². The predicted octanol–water partition coefficient (Wildman–Crippen LogP) is 2.46. The van der Waals surface area contributed by atoms with Crippen LogP contribution in [0.25, 0.3) is 0 Å². The summed E-state index contributed by atoms with van der Waals surface area (Å²) in [6.45, 7) is 10.3. The van der Waals surface area contributed by atoms with Crippen molar-refractivity contribution in [1.29, 1.82) is 0 Å². The van der Waals surface area contributed by atoms with Gasteiger partial charge in [-0.05, 0) is 38.5 Å². The zero-order valence-electron chi connectivity index (χ0n) is 22.7. The molecule has 3 aliphatic heterocycles. The average molecular weight is 547 g/mol. The topological polar surface area (TPSA) is 118 Å². The molecule has 3 heterocycles. The molecule has 1 N–H and O–H groups in total. The summed E-state index contributed by atoms with van der Waals surface area (Å²) in [5, 5.41) is 3.48. The predicted molar refractivity (Wildman–Crippen MR) is 144 cm³/mol. The van der Waals surface area contributed by atoms with Crippen molar-refractivity contribution in [2.45, 2.75) is 63.9 Å². The van der Waals surface area contributed by atoms with E-state index < -0.39 is 16.1 Å². The molecule has 1 aromatic carbocycles. The number of hydrogen-bond donors (Lipinski definition) is 1. The Hall–Kier alpha value is -2.76. The van der Waals surface area contributed by atoms with E-state index in [0.717, 1.165) is 35.4 Å². The molecule has 10 nitrogen and oxygen atoms in total. The van der Waals surface area contributed by atoms with Crippen molar-refractivity contribution in [3.05, 3.63) is 35.0 Å². The van der Waals surface area contributed by atoms with Crippen LogP contribution in [0.5, 0.6) is 5.75 Å². The maximum atomic E-state index is 13.6. The number of rotatable bonds is 10. The number of dihydropyridines is 1. The van der Waals surface area contributed by atoms with Crippen LogP contribution in [-0.4, -0.2) is 87.1 Å². The molecule has 2 atom stereocenters. The van der Waals surface area contributed by atoms with Gasteiger partial charge in [-0.15, -0.1) is 0 Å². The van der Waals surface area contributed by atoms with Gasteiger partial charge in [0.2, 0.25) is 10.0 Å². The first-order valence-electron chi connectivity index (χ1n) is 13.4. The van der Waals surface area contributed by atoms with E-state index in [1.165, 1.54) is 11.2 Å². The van der Waals surface area contributed by atoms with E-state index in [-0.39, 0.29) is 22.7 Å². The number of nitrogens with zero attached hydrogens (tertiary/aromatic N) is 3. The first-order valence-corrected chi connectivity index (χ1v) is 14.8. The van der Waals surface area contributed by atoms with E-state index in [1.807, 2.05) is 13.8 Å². The highest BCUT2D eigenvalue weighted by atomic mass is 32.2. The van der Waals surface area contributed by atoms with Crippen LogP contribution in [0.4, 0.5) is 0 Å². The number of hydrogen-bond acceptors (Lipinski definition) is 9. The number of esters is 1. The Kier molecular flexibility index (Phi) is 8.89. The van der Waals surface area contributed by atoms with Crippen LogP contribution in [0.1, 0.15) is 58.6 Å². The van der Waals surface area contributed by atoms with Crippen LogP contribution in [0, 0.1) is 0 Å². The van der Waals surface area contributed by atoms with Crippen molar-refractivity contribution in [1.82, 2.24) is 14.5 Å². The van der Waals surface area contributed by atoms with Crippen molar-refractivity contribution in [2.75, 3.05) is 45.9 Å². The lowest BCUT2D eigenvalue weighted by molar-refractivity contribution is -0.141. The second-order valence-electron chi connectivity index (χ2n) is 9.84. The number of ketones is 1. The first-order chi connectivity index (χ1) is 18.1. The van der Waals surface area contributed by atoms with Crippen LogP contribution in [0.3, 0.4) is 0 Å². The molecule has 0 aromatic heterocycles. The molecule has 0 saturated carbocycles. The number of carbonyl (C=O) groups is 2. The Morgan fingerprint density at radius 1 is 1.18 bits per heavy atom. The quantitative estimate of drug-likeness (QED) is 0.445. The van der Waals surface area contributed by atoms with Gasteiger partial charge in [-0.25, -0.2) is 8.42 Å². The SMILES string of the molecule is CCCC1=NC(C)C(=O)C2=C1NC(c1cc(S(=O)(=O)N3CCN(CCOC(C)=O)CC3)ccc1OCC)C2. The average Bonchev–Trinajstić information content (AvgIpc) is 3.34. The Morgan fingerprint density at radius 2 is 1.92 bits per heavy atom. The molecule has 11 heteroatoms. The van der Waals surface area contributed by atoms with Gasteiger partial charge in [0.15, 0.2) is 5.78 Å². The molecule has 208 valence electrons. The van der Waals surface area contributed by atoms with Crippen LogP contribution in [0.15, 0.2) is 39.4 Å². The van der Waals surface area contributed by atoms with Crippen molar-refractivity contribution in [2.24, 2.45) is 4.99 Å². The summed E-state index contributed by atoms with van der Waals surface area (Å²) in [7, 11) is -3.73. The highest BCUT2D eigenvalue weighted by molar-refractivity contribution is 7.89. The summed E-state index contributed by atoms with van der Waals surface area (Å²) in [4.78, 5) is 30.8. The van der Waals surface area contributed by atoms with Gasteiger partial charge in [0.25, 0.3) is 0 Å². The summed E-state index contributed by atoms with van der Waals surface area (Å²) in [5.74, 6) is 0.301. The number of nitrogens with one attached hydrogen (secondary N) is 1. The number of benzene rings is 1. The van der Waals surface area contributed by atoms with Gasteiger partial charge in [-0.1, -0.05) is 13.3 Å². The van der Waals surface area contributed by atoms with Gasteiger partial charge in [-0.3, -0.25) is 19.5 Å². The second-order valence-corrected chi connectivity index (χ2v) is 11.8. The fraction of sp³-hybridized carbons (Fsp3) is 0.593. The fourth-order valence-corrected chi connectivity index (χ4v) is 6.69. The van der Waals surface area contributed by atoms with E-state index in [0.29, 0.717) is 58.1 Å². The molecule has 1 saturated heterocycles. The number of aliphatic imine (C=N–C) groups is 1. The molecule has 4 rings (SSSR count). The minimum atomic E-state index is -3.73. The number of carbonyl (C=O) groups excluding carboxylic acids is 2. The summed E-state index contributed by atoms with van der Waals surface area (Å²) in [5.41, 5.74) is 3.16. The van der Waals surface area contributed by atoms with Gasteiger partial charge in [0.05, 0.1) is 29.0 Å². The summed E-state index contributed by atoms with van der Waals surface area (Å²) in [6, 6.07) is 4.31. The van der Waals surface area contributed by atoms with Gasteiger partial charge in [0.1, 0.15) is 18.4 Å². The van der Waals surface area contributed by atoms with Crippen LogP contribution >= 0.6 is 0 Å². The number of ether oxygens (including phenoxy) is 2. The van der Waals surface area contributed by atoms with Crippen molar-refractivity contribution in [3.8, 4) is 5.75 Å². The van der Waals surface area contributed by atoms with Gasteiger partial charge >= 0.3 is 5.97 Å². The zero-order valence-corrected chi connectivity index (χ0v) is 23.5. The summed E-state index contributed by atoms with van der Waals surface area (Å²) >= 11 is 0. The molecule has 0 radical (unpaired) electrons. The Balaban J connectivity index is 1.53. The van der Waals surface area contributed by atoms with E-state index in [1.54, 1.807) is 18.2 Å². The Morgan fingerprint density at radius 3 is 2.58 bits per heavy atom. The van der Waals surface area contributed by atoms with Crippen molar-refractivity contribution >= 4 is 27.5 Å². The van der Waals surface area contributed by atoms with E-state index in [9.17, 15) is 18.0 Å². The lowest BCUT2D eigenvalue weighted by atomic mass is 9.93. The summed E-state index contributed by atoms with van der Waals surface area (Å²) in [6.07, 6.45) is 2.15. The molecule has 3 aliphatic rings. The highest BCUT2D eigenvalue weighted by Gasteiger charge is 2.38. The number of sulfonamides is 1. The third kappa shape index (κ3) is 5.94. The molecule has 0 bridgehead atoms. The first kappa shape index (κ1) is 28.3. The minimum absolute atomic E-state index is 0.0168. The lowest BCUT2D eigenvalue weighted by Crippen LogP contribution is -2.49. The van der Waals surface area contributed by atoms with E-state index >= 15 is 0 Å². The van der Waals surface area contributed by atoms with Crippen LogP contribution in [-0.2, 0) is 24.3 Å². The Bertz CT molecular complexity index is 1230. The Labute approximate surface area is 225 Å². The van der Waals surface area contributed by atoms with Gasteiger partial charge in [0, 0.05) is 57.2 Å². The maximum Gasteiger partial charge on any atom is 0.302 e. The second kappa shape index (κ2) is 12.0. The molecule has 38 heavy (non-hydrogen) atoms. The monoisotopic (exact) mass is 546 g/mol. The van der Waals surface area contributed by atoms with E-state index in [2.05, 4.69) is 22.1 Å². The largest absolute Gasteiger partial charge is 0.494 e. The molecular weight excluding hydrogens is 508 g/mol. The molecule has 2 unspecified atom stereocenters. The van der Waals surface area contributed by atoms with Crippen LogP contribution < -0.4 is 10.1 Å². The smallest absolute Gasteiger partial charge is 0.302 e. The maximum absolute atomic E-state index is 13.6. The third-order valence-electron chi connectivity index (χ3n) is 7.17. The molecule has 1 aromatic rings. The normalized spacial score (nSPS) is 22.6. The third-order valence-corrected chi connectivity index (χ3v) is 9.06. The zero-order chi connectivity index (χ0) is 27.4. The molecule has 1 fully saturated rings. The number of Topliss-reactive ketones (excluding diaryl/α,β-unsaturated/α-hetero) is 1. The minimum Gasteiger partial charge on any atom is -0.494 e. The molecular formula is C27H38N4O6S. The fourth-order valence-electron chi connectivity index (χ4n) is 5.23. The lowest BCUT2D eigenvalue weighted by Gasteiger charge is -2.34. The molecule has 0 aliphatic carbocycles. The standard InChI is InChI=1S/C27H38N4O6S/c1-5-7-23-26-22(27(33)18(3)28-23)17-24(29-26)21-16-20(8-9-25(21)36-6-2)38(34,35)31-12-10-30(11-13-31)14-15-37-19(4)32/h8-9,16,18,24,29H,5-7,10-15,17H2,1-4H3. The molecule has 0 amide bonds. The van der Waals surface area contributed by atoms with Crippen LogP contribution in [0.2, 0.25) is 0 Å². The van der Waals surface area contributed by atoms with Crippen molar-refractivity contribution in [3.63, 3.8) is 0 Å². The molecule has 0 spiro atoms. The summed E-state index contributed by atoms with van der Waals surface area (Å²) < 4.78 is 39.6. The van der Waals surface area contributed by atoms with Gasteiger partial charge < -0.3 is 14.8 Å². The highest BCUT2D eigenvalue weighted by Crippen LogP contribution is 2.39. The number of piperazine rings is 1. The van der Waals surface area contributed by atoms with Crippen molar-refractivity contribution < 1.29 is 27.5 Å².